The Morgan fingerprint density at radius 3 is 2.38 bits per heavy atom. The Kier molecular flexibility index (Phi) is 4.91. The van der Waals surface area contributed by atoms with Crippen LogP contribution in [0.5, 0.6) is 0 Å². The smallest absolute Gasteiger partial charge is 0.269 e. The summed E-state index contributed by atoms with van der Waals surface area (Å²) in [6, 6.07) is 22.2. The quantitative estimate of drug-likeness (QED) is 0.286. The summed E-state index contributed by atoms with van der Waals surface area (Å²) < 4.78 is 0. The van der Waals surface area contributed by atoms with Crippen LogP contribution in [0.4, 0.5) is 17.2 Å². The number of aryl methyl sites for hydroxylation is 1. The van der Waals surface area contributed by atoms with E-state index < -0.39 is 4.92 Å². The summed E-state index contributed by atoms with van der Waals surface area (Å²) in [6.07, 6.45) is 1.82. The summed E-state index contributed by atoms with van der Waals surface area (Å²) in [7, 11) is 0. The third kappa shape index (κ3) is 4.07. The Labute approximate surface area is 168 Å². The molecule has 0 aliphatic carbocycles. The predicted molar refractivity (Wildman–Crippen MR) is 115 cm³/mol. The lowest BCUT2D eigenvalue weighted by atomic mass is 10.1. The molecule has 4 aromatic rings. The van der Waals surface area contributed by atoms with Gasteiger partial charge < -0.3 is 5.32 Å². The average molecular weight is 379 g/mol. The molecule has 1 N–H and O–H groups in total. The van der Waals surface area contributed by atoms with Gasteiger partial charge in [0, 0.05) is 40.4 Å². The molecule has 0 amide bonds. The SMILES string of the molecule is Cc1ccc(Nc2ncc3ccccc3c2C#Cc2ccc([N+](=O)[O-])cc2)cc1. The van der Waals surface area contributed by atoms with Crippen LogP contribution in [0.15, 0.2) is 79.0 Å². The van der Waals surface area contributed by atoms with Gasteiger partial charge in [-0.1, -0.05) is 53.8 Å². The number of pyridine rings is 1. The predicted octanol–water partition coefficient (Wildman–Crippen LogP) is 5.59. The van der Waals surface area contributed by atoms with Crippen LogP contribution in [-0.4, -0.2) is 9.91 Å². The Bertz CT molecular complexity index is 1250. The summed E-state index contributed by atoms with van der Waals surface area (Å²) in [5.74, 6) is 6.98. The van der Waals surface area contributed by atoms with Crippen molar-refractivity contribution in [1.82, 2.24) is 4.98 Å². The minimum absolute atomic E-state index is 0.0455. The number of anilines is 2. The molecule has 0 saturated carbocycles. The highest BCUT2D eigenvalue weighted by molar-refractivity contribution is 5.92. The van der Waals surface area contributed by atoms with E-state index in [1.165, 1.54) is 17.7 Å². The lowest BCUT2D eigenvalue weighted by Gasteiger charge is -2.10. The fourth-order valence-electron chi connectivity index (χ4n) is 2.96. The van der Waals surface area contributed by atoms with Crippen molar-refractivity contribution >= 4 is 28.0 Å². The zero-order valence-electron chi connectivity index (χ0n) is 15.7. The fourth-order valence-corrected chi connectivity index (χ4v) is 2.96. The van der Waals surface area contributed by atoms with Gasteiger partial charge in [-0.05, 0) is 31.2 Å². The van der Waals surface area contributed by atoms with Gasteiger partial charge in [0.15, 0.2) is 0 Å². The Hall–Kier alpha value is -4.17. The normalized spacial score (nSPS) is 10.2. The molecule has 0 unspecified atom stereocenters. The molecule has 0 fully saturated rings. The summed E-state index contributed by atoms with van der Waals surface area (Å²) in [5.41, 5.74) is 3.63. The largest absolute Gasteiger partial charge is 0.339 e. The molecule has 0 bridgehead atoms. The summed E-state index contributed by atoms with van der Waals surface area (Å²) in [4.78, 5) is 15.0. The van der Waals surface area contributed by atoms with Gasteiger partial charge >= 0.3 is 0 Å². The monoisotopic (exact) mass is 379 g/mol. The topological polar surface area (TPSA) is 68.1 Å². The van der Waals surface area contributed by atoms with Crippen LogP contribution in [0, 0.1) is 28.9 Å². The molecule has 5 heteroatoms. The van der Waals surface area contributed by atoms with Crippen molar-refractivity contribution in [2.75, 3.05) is 5.32 Å². The number of benzene rings is 3. The van der Waals surface area contributed by atoms with Gasteiger partial charge in [0.1, 0.15) is 5.82 Å². The number of nitro benzene ring substituents is 1. The zero-order valence-corrected chi connectivity index (χ0v) is 15.7. The van der Waals surface area contributed by atoms with Gasteiger partial charge in [0.2, 0.25) is 0 Å². The number of nitrogens with one attached hydrogen (secondary N) is 1. The van der Waals surface area contributed by atoms with E-state index >= 15 is 0 Å². The second kappa shape index (κ2) is 7.83. The van der Waals surface area contributed by atoms with E-state index in [1.54, 1.807) is 12.1 Å². The summed E-state index contributed by atoms with van der Waals surface area (Å²) in [5, 5.41) is 16.2. The van der Waals surface area contributed by atoms with Crippen molar-refractivity contribution in [2.24, 2.45) is 0 Å². The minimum atomic E-state index is -0.421. The molecular weight excluding hydrogens is 362 g/mol. The number of fused-ring (bicyclic) bond motifs is 1. The summed E-state index contributed by atoms with van der Waals surface area (Å²) >= 11 is 0. The maximum absolute atomic E-state index is 10.8. The van der Waals surface area contributed by atoms with Gasteiger partial charge in [-0.2, -0.15) is 0 Å². The number of nitrogens with zero attached hydrogens (tertiary/aromatic N) is 2. The van der Waals surface area contributed by atoms with Crippen molar-refractivity contribution in [3.8, 4) is 11.8 Å². The number of nitro groups is 1. The fraction of sp³-hybridized carbons (Fsp3) is 0.0417. The van der Waals surface area contributed by atoms with Gasteiger partial charge in [-0.25, -0.2) is 4.98 Å². The number of aromatic nitrogens is 1. The zero-order chi connectivity index (χ0) is 20.2. The highest BCUT2D eigenvalue weighted by Gasteiger charge is 2.08. The number of rotatable bonds is 3. The Balaban J connectivity index is 1.77. The van der Waals surface area contributed by atoms with Crippen molar-refractivity contribution in [3.63, 3.8) is 0 Å². The Morgan fingerprint density at radius 1 is 0.931 bits per heavy atom. The lowest BCUT2D eigenvalue weighted by molar-refractivity contribution is -0.384. The first-order valence-electron chi connectivity index (χ1n) is 9.08. The molecule has 29 heavy (non-hydrogen) atoms. The van der Waals surface area contributed by atoms with Gasteiger partial charge in [-0.3, -0.25) is 10.1 Å². The van der Waals surface area contributed by atoms with Crippen LogP contribution >= 0.6 is 0 Å². The first-order valence-corrected chi connectivity index (χ1v) is 9.08. The van der Waals surface area contributed by atoms with Crippen molar-refractivity contribution in [3.05, 3.63) is 106 Å². The van der Waals surface area contributed by atoms with Crippen LogP contribution < -0.4 is 5.32 Å². The molecule has 1 heterocycles. The van der Waals surface area contributed by atoms with E-state index in [9.17, 15) is 10.1 Å². The molecule has 3 aromatic carbocycles. The van der Waals surface area contributed by atoms with Crippen LogP contribution in [0.3, 0.4) is 0 Å². The number of non-ortho nitro benzene ring substituents is 1. The molecule has 0 spiro atoms. The van der Waals surface area contributed by atoms with E-state index in [1.807, 2.05) is 61.7 Å². The molecule has 140 valence electrons. The molecule has 0 radical (unpaired) electrons. The molecule has 0 atom stereocenters. The van der Waals surface area contributed by atoms with Crippen LogP contribution in [0.25, 0.3) is 10.8 Å². The number of hydrogen-bond acceptors (Lipinski definition) is 4. The van der Waals surface area contributed by atoms with Crippen LogP contribution in [0.2, 0.25) is 0 Å². The maximum atomic E-state index is 10.8. The highest BCUT2D eigenvalue weighted by atomic mass is 16.6. The maximum Gasteiger partial charge on any atom is 0.269 e. The van der Waals surface area contributed by atoms with Crippen molar-refractivity contribution in [1.29, 1.82) is 0 Å². The second-order valence-corrected chi connectivity index (χ2v) is 6.61. The van der Waals surface area contributed by atoms with Gasteiger partial charge in [0.25, 0.3) is 5.69 Å². The average Bonchev–Trinajstić information content (AvgIpc) is 2.74. The molecule has 5 nitrogen and oxygen atoms in total. The molecule has 0 aliphatic rings. The highest BCUT2D eigenvalue weighted by Crippen LogP contribution is 2.26. The van der Waals surface area contributed by atoms with E-state index in [2.05, 4.69) is 22.1 Å². The summed E-state index contributed by atoms with van der Waals surface area (Å²) in [6.45, 7) is 2.04. The molecule has 4 rings (SSSR count). The van der Waals surface area contributed by atoms with Gasteiger partial charge in [-0.15, -0.1) is 0 Å². The van der Waals surface area contributed by atoms with Crippen molar-refractivity contribution < 1.29 is 4.92 Å². The first-order chi connectivity index (χ1) is 14.1. The van der Waals surface area contributed by atoms with Crippen LogP contribution in [0.1, 0.15) is 16.7 Å². The molecular formula is C24H17N3O2. The van der Waals surface area contributed by atoms with Gasteiger partial charge in [0.05, 0.1) is 10.5 Å². The Morgan fingerprint density at radius 2 is 1.66 bits per heavy atom. The number of hydrogen-bond donors (Lipinski definition) is 1. The molecule has 0 aliphatic heterocycles. The first kappa shape index (κ1) is 18.2. The van der Waals surface area contributed by atoms with E-state index in [-0.39, 0.29) is 5.69 Å². The lowest BCUT2D eigenvalue weighted by Crippen LogP contribution is -1.98. The van der Waals surface area contributed by atoms with Crippen molar-refractivity contribution in [2.45, 2.75) is 6.92 Å². The third-order valence-electron chi connectivity index (χ3n) is 4.52. The van der Waals surface area contributed by atoms with E-state index in [0.717, 1.165) is 22.0 Å². The molecule has 0 saturated heterocycles. The standard InChI is InChI=1S/C24H17N3O2/c1-17-6-11-20(12-7-17)26-24-23(22-5-3-2-4-19(22)16-25-24)15-10-18-8-13-21(14-9-18)27(28)29/h2-9,11-14,16H,1H3,(H,25,26). The minimum Gasteiger partial charge on any atom is -0.339 e. The third-order valence-corrected chi connectivity index (χ3v) is 4.52. The second-order valence-electron chi connectivity index (χ2n) is 6.61. The van der Waals surface area contributed by atoms with E-state index in [4.69, 9.17) is 0 Å². The van der Waals surface area contributed by atoms with E-state index in [0.29, 0.717) is 11.4 Å². The molecule has 1 aromatic heterocycles. The van der Waals surface area contributed by atoms with Crippen LogP contribution in [-0.2, 0) is 0 Å².